The quantitative estimate of drug-likeness (QED) is 0.270. The molecule has 35 heavy (non-hydrogen) atoms. The first-order valence-corrected chi connectivity index (χ1v) is 11.9. The maximum atomic E-state index is 14.1. The molecule has 0 saturated carbocycles. The van der Waals surface area contributed by atoms with Crippen LogP contribution in [0.5, 0.6) is 17.2 Å². The minimum absolute atomic E-state index is 0.201. The third kappa shape index (κ3) is 4.26. The van der Waals surface area contributed by atoms with E-state index in [1.807, 2.05) is 78.9 Å². The van der Waals surface area contributed by atoms with Crippen LogP contribution in [0.2, 0.25) is 0 Å². The zero-order valence-electron chi connectivity index (χ0n) is 19.6. The van der Waals surface area contributed by atoms with Gasteiger partial charge in [-0.1, -0.05) is 65.9 Å². The number of hydrogen-bond acceptors (Lipinski definition) is 6. The van der Waals surface area contributed by atoms with Crippen LogP contribution in [0.15, 0.2) is 78.9 Å². The molecule has 176 valence electrons. The first kappa shape index (κ1) is 22.7. The summed E-state index contributed by atoms with van der Waals surface area (Å²) in [5.74, 6) is 1.62. The van der Waals surface area contributed by atoms with E-state index < -0.39 is 0 Å². The van der Waals surface area contributed by atoms with E-state index in [1.165, 1.54) is 11.3 Å². The van der Waals surface area contributed by atoms with Gasteiger partial charge in [-0.05, 0) is 40.6 Å². The molecule has 0 saturated heterocycles. The highest BCUT2D eigenvalue weighted by Crippen LogP contribution is 2.41. The average molecular weight is 485 g/mol. The van der Waals surface area contributed by atoms with Gasteiger partial charge in [-0.15, -0.1) is 0 Å². The van der Waals surface area contributed by atoms with E-state index in [0.29, 0.717) is 40.0 Å². The number of amides is 1. The maximum Gasteiger partial charge on any atom is 0.264 e. The summed E-state index contributed by atoms with van der Waals surface area (Å²) in [6.07, 6.45) is 0. The smallest absolute Gasteiger partial charge is 0.264 e. The molecule has 0 aliphatic rings. The van der Waals surface area contributed by atoms with Crippen LogP contribution in [0.1, 0.15) is 15.9 Å². The zero-order valence-corrected chi connectivity index (χ0v) is 20.5. The number of hydrogen-bond donors (Lipinski definition) is 0. The van der Waals surface area contributed by atoms with Gasteiger partial charge in [0.15, 0.2) is 5.13 Å². The third-order valence-electron chi connectivity index (χ3n) is 5.86. The van der Waals surface area contributed by atoms with E-state index in [0.717, 1.165) is 21.0 Å². The number of carbonyl (C=O) groups excluding carboxylic acids is 1. The second-order valence-corrected chi connectivity index (χ2v) is 8.90. The first-order chi connectivity index (χ1) is 17.1. The number of aromatic nitrogens is 1. The lowest BCUT2D eigenvalue weighted by Gasteiger charge is -2.21. The van der Waals surface area contributed by atoms with Gasteiger partial charge < -0.3 is 14.2 Å². The van der Waals surface area contributed by atoms with Gasteiger partial charge in [-0.2, -0.15) is 0 Å². The lowest BCUT2D eigenvalue weighted by Crippen LogP contribution is -2.30. The molecule has 0 N–H and O–H groups in total. The fourth-order valence-corrected chi connectivity index (χ4v) is 5.15. The molecule has 0 aliphatic carbocycles. The summed E-state index contributed by atoms with van der Waals surface area (Å²) in [5, 5.41) is 2.51. The van der Waals surface area contributed by atoms with Gasteiger partial charge in [-0.3, -0.25) is 9.69 Å². The summed E-state index contributed by atoms with van der Waals surface area (Å²) in [5.41, 5.74) is 2.11. The number of rotatable bonds is 7. The molecular weight excluding hydrogens is 460 g/mol. The Morgan fingerprint density at radius 3 is 2.11 bits per heavy atom. The van der Waals surface area contributed by atoms with Crippen molar-refractivity contribution in [3.05, 3.63) is 90.0 Å². The Morgan fingerprint density at radius 2 is 1.43 bits per heavy atom. The average Bonchev–Trinajstić information content (AvgIpc) is 3.36. The summed E-state index contributed by atoms with van der Waals surface area (Å²) in [4.78, 5) is 20.6. The summed E-state index contributed by atoms with van der Waals surface area (Å²) < 4.78 is 17.5. The molecule has 1 aromatic heterocycles. The fourth-order valence-electron chi connectivity index (χ4n) is 4.08. The minimum atomic E-state index is -0.201. The van der Waals surface area contributed by atoms with E-state index in [-0.39, 0.29) is 5.91 Å². The molecule has 5 rings (SSSR count). The van der Waals surface area contributed by atoms with Crippen molar-refractivity contribution in [2.45, 2.75) is 6.54 Å². The van der Waals surface area contributed by atoms with Crippen LogP contribution in [0, 0.1) is 0 Å². The van der Waals surface area contributed by atoms with Crippen LogP contribution in [-0.2, 0) is 6.54 Å². The fraction of sp³-hybridized carbons (Fsp3) is 0.143. The van der Waals surface area contributed by atoms with Crippen molar-refractivity contribution in [3.8, 4) is 17.2 Å². The number of methoxy groups -OCH3 is 3. The molecule has 0 radical (unpaired) electrons. The van der Waals surface area contributed by atoms with Crippen LogP contribution in [-0.4, -0.2) is 32.2 Å². The van der Waals surface area contributed by atoms with Crippen molar-refractivity contribution >= 4 is 43.4 Å². The predicted molar refractivity (Wildman–Crippen MR) is 140 cm³/mol. The highest BCUT2D eigenvalue weighted by molar-refractivity contribution is 7.22. The van der Waals surface area contributed by atoms with Gasteiger partial charge in [0, 0.05) is 0 Å². The molecule has 0 atom stereocenters. The summed E-state index contributed by atoms with van der Waals surface area (Å²) >= 11 is 1.39. The van der Waals surface area contributed by atoms with Gasteiger partial charge in [-0.25, -0.2) is 4.98 Å². The second kappa shape index (κ2) is 9.64. The third-order valence-corrected chi connectivity index (χ3v) is 6.95. The second-order valence-electron chi connectivity index (χ2n) is 7.92. The standard InChI is InChI=1S/C28H24N2O4S/c1-32-22-13-14-23(33-2)26-25(22)29-28(35-26)30(17-18-9-5-4-6-10-18)27(31)21-15-19-11-7-8-12-20(19)16-24(21)34-3/h4-16H,17H2,1-3H3. The van der Waals surface area contributed by atoms with Crippen LogP contribution >= 0.6 is 11.3 Å². The molecule has 7 heteroatoms. The van der Waals surface area contributed by atoms with Crippen LogP contribution in [0.4, 0.5) is 5.13 Å². The molecule has 0 fully saturated rings. The van der Waals surface area contributed by atoms with Crippen molar-refractivity contribution in [1.29, 1.82) is 0 Å². The number of ether oxygens (including phenoxy) is 3. The number of fused-ring (bicyclic) bond motifs is 2. The lowest BCUT2D eigenvalue weighted by molar-refractivity contribution is 0.0982. The normalized spacial score (nSPS) is 10.9. The molecule has 0 unspecified atom stereocenters. The number of benzene rings is 4. The lowest BCUT2D eigenvalue weighted by atomic mass is 10.0. The monoisotopic (exact) mass is 484 g/mol. The van der Waals surface area contributed by atoms with Crippen molar-refractivity contribution in [2.24, 2.45) is 0 Å². The molecule has 5 aromatic rings. The predicted octanol–water partition coefficient (Wildman–Crippen LogP) is 6.32. The van der Waals surface area contributed by atoms with Gasteiger partial charge in [0.25, 0.3) is 5.91 Å². The van der Waals surface area contributed by atoms with Crippen LogP contribution < -0.4 is 19.1 Å². The Bertz CT molecular complexity index is 1470. The van der Waals surface area contributed by atoms with Crippen molar-refractivity contribution in [2.75, 3.05) is 26.2 Å². The summed E-state index contributed by atoms with van der Waals surface area (Å²) in [6.45, 7) is 0.347. The largest absolute Gasteiger partial charge is 0.496 e. The minimum Gasteiger partial charge on any atom is -0.496 e. The number of thiazole rings is 1. The van der Waals surface area contributed by atoms with Crippen molar-refractivity contribution in [3.63, 3.8) is 0 Å². The van der Waals surface area contributed by atoms with E-state index >= 15 is 0 Å². The van der Waals surface area contributed by atoms with E-state index in [4.69, 9.17) is 19.2 Å². The summed E-state index contributed by atoms with van der Waals surface area (Å²) in [6, 6.07) is 25.2. The molecule has 0 aliphatic heterocycles. The number of carbonyl (C=O) groups is 1. The van der Waals surface area contributed by atoms with E-state index in [2.05, 4.69) is 0 Å². The molecule has 6 nitrogen and oxygen atoms in total. The molecule has 0 bridgehead atoms. The van der Waals surface area contributed by atoms with Crippen molar-refractivity contribution < 1.29 is 19.0 Å². The zero-order chi connectivity index (χ0) is 24.4. The van der Waals surface area contributed by atoms with Crippen LogP contribution in [0.25, 0.3) is 21.0 Å². The van der Waals surface area contributed by atoms with E-state index in [1.54, 1.807) is 26.2 Å². The van der Waals surface area contributed by atoms with Gasteiger partial charge >= 0.3 is 0 Å². The molecular formula is C28H24N2O4S. The van der Waals surface area contributed by atoms with Gasteiger partial charge in [0.1, 0.15) is 27.5 Å². The first-order valence-electron chi connectivity index (χ1n) is 11.1. The number of nitrogens with zero attached hydrogens (tertiary/aromatic N) is 2. The Kier molecular flexibility index (Phi) is 6.25. The van der Waals surface area contributed by atoms with Gasteiger partial charge in [0.2, 0.25) is 0 Å². The Hall–Kier alpha value is -4.10. The number of anilines is 1. The summed E-state index contributed by atoms with van der Waals surface area (Å²) in [7, 11) is 4.80. The van der Waals surface area contributed by atoms with Crippen molar-refractivity contribution in [1.82, 2.24) is 4.98 Å². The maximum absolute atomic E-state index is 14.1. The Morgan fingerprint density at radius 1 is 0.800 bits per heavy atom. The Balaban J connectivity index is 1.67. The van der Waals surface area contributed by atoms with Crippen LogP contribution in [0.3, 0.4) is 0 Å². The molecule has 4 aromatic carbocycles. The highest BCUT2D eigenvalue weighted by Gasteiger charge is 2.26. The topological polar surface area (TPSA) is 60.9 Å². The van der Waals surface area contributed by atoms with E-state index in [9.17, 15) is 4.79 Å². The molecule has 1 heterocycles. The Labute approximate surface area is 207 Å². The highest BCUT2D eigenvalue weighted by atomic mass is 32.1. The molecule has 1 amide bonds. The van der Waals surface area contributed by atoms with Gasteiger partial charge in [0.05, 0.1) is 33.4 Å². The SMILES string of the molecule is COc1cc2ccccc2cc1C(=O)N(Cc1ccccc1)c1nc2c(OC)ccc(OC)c2s1. The molecule has 0 spiro atoms.